The molecule has 7 heteroatoms. The summed E-state index contributed by atoms with van der Waals surface area (Å²) in [5, 5.41) is 6.08. The number of para-hydroxylation sites is 1. The van der Waals surface area contributed by atoms with Crippen LogP contribution in [0.25, 0.3) is 22.4 Å². The average Bonchev–Trinajstić information content (AvgIpc) is 3.53. The SMILES string of the molecule is CC#CCC(C)CC1(C(=O)Nc2ccc3nc(-c4ccc(C(=O)Nc5ccccc5)cc4)[nH]c3c2)CCC(C)(N)C1. The van der Waals surface area contributed by atoms with Crippen LogP contribution < -0.4 is 16.4 Å². The lowest BCUT2D eigenvalue weighted by Crippen LogP contribution is -2.40. The molecule has 1 heterocycles. The van der Waals surface area contributed by atoms with Crippen molar-refractivity contribution in [2.24, 2.45) is 17.1 Å². The van der Waals surface area contributed by atoms with Crippen molar-refractivity contribution < 1.29 is 9.59 Å². The first-order chi connectivity index (χ1) is 19.7. The van der Waals surface area contributed by atoms with Crippen molar-refractivity contribution in [2.75, 3.05) is 10.6 Å². The second-order valence-corrected chi connectivity index (χ2v) is 11.7. The van der Waals surface area contributed by atoms with E-state index in [4.69, 9.17) is 10.7 Å². The lowest BCUT2D eigenvalue weighted by atomic mass is 9.75. The Labute approximate surface area is 241 Å². The molecule has 0 spiro atoms. The topological polar surface area (TPSA) is 113 Å². The number of carbonyl (C=O) groups excluding carboxylic acids is 2. The highest BCUT2D eigenvalue weighted by Gasteiger charge is 2.49. The maximum absolute atomic E-state index is 13.7. The zero-order chi connectivity index (χ0) is 29.0. The van der Waals surface area contributed by atoms with E-state index in [1.54, 1.807) is 12.1 Å². The quantitative estimate of drug-likeness (QED) is 0.183. The van der Waals surface area contributed by atoms with E-state index in [-0.39, 0.29) is 17.4 Å². The molecule has 1 aliphatic rings. The number of hydrogen-bond acceptors (Lipinski definition) is 4. The van der Waals surface area contributed by atoms with Gasteiger partial charge in [-0.25, -0.2) is 4.98 Å². The Morgan fingerprint density at radius 2 is 1.78 bits per heavy atom. The largest absolute Gasteiger partial charge is 0.338 e. The number of imidazole rings is 1. The Morgan fingerprint density at radius 1 is 1.02 bits per heavy atom. The molecule has 0 bridgehead atoms. The number of aromatic nitrogens is 2. The number of nitrogens with one attached hydrogen (secondary N) is 3. The number of benzene rings is 3. The van der Waals surface area contributed by atoms with E-state index < -0.39 is 5.41 Å². The maximum atomic E-state index is 13.7. The van der Waals surface area contributed by atoms with Crippen LogP contribution in [-0.2, 0) is 4.79 Å². The molecule has 2 amide bonds. The lowest BCUT2D eigenvalue weighted by molar-refractivity contribution is -0.126. The van der Waals surface area contributed by atoms with Crippen LogP contribution in [0.1, 0.15) is 63.2 Å². The van der Waals surface area contributed by atoms with E-state index in [1.165, 1.54) is 0 Å². The van der Waals surface area contributed by atoms with Gasteiger partial charge in [-0.15, -0.1) is 11.8 Å². The Balaban J connectivity index is 1.31. The van der Waals surface area contributed by atoms with Crippen LogP contribution in [0.4, 0.5) is 11.4 Å². The first kappa shape index (κ1) is 28.1. The fraction of sp³-hybridized carbons (Fsp3) is 0.324. The molecule has 1 aromatic heterocycles. The molecule has 5 rings (SSSR count). The molecule has 0 aliphatic heterocycles. The van der Waals surface area contributed by atoms with Crippen LogP contribution in [-0.4, -0.2) is 27.3 Å². The summed E-state index contributed by atoms with van der Waals surface area (Å²) in [6, 6.07) is 22.4. The Kier molecular flexibility index (Phi) is 7.96. The summed E-state index contributed by atoms with van der Waals surface area (Å²) in [5.41, 5.74) is 10.1. The van der Waals surface area contributed by atoms with E-state index in [9.17, 15) is 9.59 Å². The molecule has 7 nitrogen and oxygen atoms in total. The maximum Gasteiger partial charge on any atom is 0.255 e. The zero-order valence-corrected chi connectivity index (χ0v) is 23.9. The Morgan fingerprint density at radius 3 is 2.46 bits per heavy atom. The van der Waals surface area contributed by atoms with E-state index >= 15 is 0 Å². The normalized spacial score (nSPS) is 20.7. The molecule has 4 aromatic rings. The van der Waals surface area contributed by atoms with Gasteiger partial charge >= 0.3 is 0 Å². The fourth-order valence-corrected chi connectivity index (χ4v) is 5.94. The Bertz CT molecular complexity index is 1610. The molecule has 1 saturated carbocycles. The molecule has 210 valence electrons. The number of anilines is 2. The monoisotopic (exact) mass is 547 g/mol. The van der Waals surface area contributed by atoms with Gasteiger partial charge in [0, 0.05) is 34.5 Å². The number of carbonyl (C=O) groups is 2. The number of nitrogens with zero attached hydrogens (tertiary/aromatic N) is 1. The van der Waals surface area contributed by atoms with Gasteiger partial charge in [0.25, 0.3) is 5.91 Å². The molecule has 3 unspecified atom stereocenters. The summed E-state index contributed by atoms with van der Waals surface area (Å²) in [6.07, 6.45) is 3.78. The van der Waals surface area contributed by atoms with Crippen molar-refractivity contribution in [1.82, 2.24) is 9.97 Å². The molecule has 0 radical (unpaired) electrons. The van der Waals surface area contributed by atoms with Crippen molar-refractivity contribution >= 4 is 34.2 Å². The molecule has 41 heavy (non-hydrogen) atoms. The molecule has 3 atom stereocenters. The number of hydrogen-bond donors (Lipinski definition) is 4. The first-order valence-corrected chi connectivity index (χ1v) is 14.1. The van der Waals surface area contributed by atoms with Gasteiger partial charge in [-0.1, -0.05) is 37.3 Å². The van der Waals surface area contributed by atoms with Crippen molar-refractivity contribution in [3.05, 3.63) is 78.4 Å². The van der Waals surface area contributed by atoms with Gasteiger partial charge in [0.1, 0.15) is 5.82 Å². The average molecular weight is 548 g/mol. The van der Waals surface area contributed by atoms with Crippen LogP contribution >= 0.6 is 0 Å². The molecule has 3 aromatic carbocycles. The molecular formula is C34H37N5O2. The van der Waals surface area contributed by atoms with Gasteiger partial charge in [0.2, 0.25) is 5.91 Å². The highest BCUT2D eigenvalue weighted by atomic mass is 16.2. The molecular weight excluding hydrogens is 510 g/mol. The zero-order valence-electron chi connectivity index (χ0n) is 23.9. The number of rotatable bonds is 8. The molecule has 1 fully saturated rings. The predicted molar refractivity (Wildman–Crippen MR) is 165 cm³/mol. The third-order valence-electron chi connectivity index (χ3n) is 7.96. The predicted octanol–water partition coefficient (Wildman–Crippen LogP) is 6.75. The minimum absolute atomic E-state index is 0.0199. The van der Waals surface area contributed by atoms with Crippen molar-refractivity contribution in [2.45, 2.75) is 58.4 Å². The summed E-state index contributed by atoms with van der Waals surface area (Å²) < 4.78 is 0. The van der Waals surface area contributed by atoms with Gasteiger partial charge in [0.05, 0.1) is 16.4 Å². The first-order valence-electron chi connectivity index (χ1n) is 14.1. The molecule has 0 saturated heterocycles. The standard InChI is InChI=1S/C34H37N5O2/c1-4-5-9-23(2)21-34(19-18-33(3,35)22-34)32(41)37-27-16-17-28-29(20-27)39-30(38-28)24-12-14-25(15-13-24)31(40)36-26-10-7-6-8-11-26/h6-8,10-17,20,23H,9,18-19,21-22,35H2,1-3H3,(H,36,40)(H,37,41)(H,38,39). The van der Waals surface area contributed by atoms with Crippen molar-refractivity contribution in [3.8, 4) is 23.2 Å². The third-order valence-corrected chi connectivity index (χ3v) is 7.96. The van der Waals surface area contributed by atoms with Crippen LogP contribution in [0, 0.1) is 23.2 Å². The van der Waals surface area contributed by atoms with Crippen LogP contribution in [0.3, 0.4) is 0 Å². The number of nitrogens with two attached hydrogens (primary N) is 1. The highest BCUT2D eigenvalue weighted by Crippen LogP contribution is 2.48. The summed E-state index contributed by atoms with van der Waals surface area (Å²) in [7, 11) is 0. The number of amides is 2. The smallest absolute Gasteiger partial charge is 0.255 e. The number of aromatic amines is 1. The van der Waals surface area contributed by atoms with Gasteiger partial charge in [-0.2, -0.15) is 0 Å². The van der Waals surface area contributed by atoms with Gasteiger partial charge in [0.15, 0.2) is 0 Å². The van der Waals surface area contributed by atoms with E-state index in [1.807, 2.05) is 74.5 Å². The lowest BCUT2D eigenvalue weighted by Gasteiger charge is -2.32. The van der Waals surface area contributed by atoms with Crippen LogP contribution in [0.5, 0.6) is 0 Å². The molecule has 1 aliphatic carbocycles. The summed E-state index contributed by atoms with van der Waals surface area (Å²) in [5.74, 6) is 6.97. The third kappa shape index (κ3) is 6.50. The fourth-order valence-electron chi connectivity index (χ4n) is 5.94. The summed E-state index contributed by atoms with van der Waals surface area (Å²) in [6.45, 7) is 6.05. The minimum atomic E-state index is -0.513. The second-order valence-electron chi connectivity index (χ2n) is 11.7. The second kappa shape index (κ2) is 11.6. The van der Waals surface area contributed by atoms with E-state index in [0.29, 0.717) is 23.7 Å². The number of fused-ring (bicyclic) bond motifs is 1. The highest BCUT2D eigenvalue weighted by molar-refractivity contribution is 6.04. The Hall–Kier alpha value is -4.41. The minimum Gasteiger partial charge on any atom is -0.338 e. The van der Waals surface area contributed by atoms with E-state index in [2.05, 4.69) is 34.4 Å². The summed E-state index contributed by atoms with van der Waals surface area (Å²) >= 11 is 0. The van der Waals surface area contributed by atoms with Crippen LogP contribution in [0.2, 0.25) is 0 Å². The summed E-state index contributed by atoms with van der Waals surface area (Å²) in [4.78, 5) is 34.4. The number of H-pyrrole nitrogens is 1. The van der Waals surface area contributed by atoms with Crippen molar-refractivity contribution in [1.29, 1.82) is 0 Å². The van der Waals surface area contributed by atoms with Gasteiger partial charge in [-0.05, 0) is 87.9 Å². The van der Waals surface area contributed by atoms with Crippen molar-refractivity contribution in [3.63, 3.8) is 0 Å². The van der Waals surface area contributed by atoms with Crippen LogP contribution in [0.15, 0.2) is 72.8 Å². The van der Waals surface area contributed by atoms with Gasteiger partial charge < -0.3 is 21.4 Å². The van der Waals surface area contributed by atoms with Gasteiger partial charge in [-0.3, -0.25) is 9.59 Å². The molecule has 5 N–H and O–H groups in total. The van der Waals surface area contributed by atoms with E-state index in [0.717, 1.165) is 53.7 Å².